The first-order valence-electron chi connectivity index (χ1n) is 4.12. The van der Waals surface area contributed by atoms with Crippen LogP contribution in [-0.4, -0.2) is 18.9 Å². The van der Waals surface area contributed by atoms with Crippen LogP contribution in [0.2, 0.25) is 0 Å². The van der Waals surface area contributed by atoms with E-state index in [0.29, 0.717) is 5.57 Å². The summed E-state index contributed by atoms with van der Waals surface area (Å²) in [6.45, 7) is 7.34. The molecule has 1 N–H and O–H groups in total. The summed E-state index contributed by atoms with van der Waals surface area (Å²) in [6, 6.07) is 0. The molecular formula is C9H15NO. The first-order chi connectivity index (χ1) is 5.22. The Morgan fingerprint density at radius 3 is 2.82 bits per heavy atom. The van der Waals surface area contributed by atoms with E-state index in [-0.39, 0.29) is 11.7 Å². The molecule has 62 valence electrons. The summed E-state index contributed by atoms with van der Waals surface area (Å²) < 4.78 is 0. The highest BCUT2D eigenvalue weighted by molar-refractivity contribution is 5.96. The van der Waals surface area contributed by atoms with Crippen molar-refractivity contribution in [3.05, 3.63) is 12.2 Å². The number of nitrogens with one attached hydrogen (secondary N) is 1. The lowest BCUT2D eigenvalue weighted by molar-refractivity contribution is -0.119. The Labute approximate surface area is 67.7 Å². The predicted molar refractivity (Wildman–Crippen MR) is 45.4 cm³/mol. The second kappa shape index (κ2) is 3.67. The number of piperidine rings is 1. The Balaban J connectivity index is 2.45. The molecule has 11 heavy (non-hydrogen) atoms. The monoisotopic (exact) mass is 153 g/mol. The second-order valence-electron chi connectivity index (χ2n) is 3.19. The number of carbonyl (C=O) groups excluding carboxylic acids is 1. The normalized spacial score (nSPS) is 24.6. The van der Waals surface area contributed by atoms with E-state index in [9.17, 15) is 4.79 Å². The third-order valence-electron chi connectivity index (χ3n) is 2.09. The number of allylic oxidation sites excluding steroid dienone is 1. The third-order valence-corrected chi connectivity index (χ3v) is 2.09. The summed E-state index contributed by atoms with van der Waals surface area (Å²) in [7, 11) is 0. The fraction of sp³-hybridized carbons (Fsp3) is 0.667. The molecule has 2 heteroatoms. The Kier molecular flexibility index (Phi) is 2.83. The van der Waals surface area contributed by atoms with Crippen LogP contribution in [-0.2, 0) is 4.79 Å². The van der Waals surface area contributed by atoms with Crippen molar-refractivity contribution in [1.29, 1.82) is 0 Å². The third kappa shape index (κ3) is 2.15. The van der Waals surface area contributed by atoms with Crippen LogP contribution in [0, 0.1) is 5.92 Å². The highest BCUT2D eigenvalue weighted by atomic mass is 16.1. The van der Waals surface area contributed by atoms with Gasteiger partial charge in [0.25, 0.3) is 0 Å². The van der Waals surface area contributed by atoms with Gasteiger partial charge in [0.15, 0.2) is 5.78 Å². The average molecular weight is 153 g/mol. The van der Waals surface area contributed by atoms with Gasteiger partial charge in [-0.3, -0.25) is 4.79 Å². The van der Waals surface area contributed by atoms with Gasteiger partial charge in [-0.2, -0.15) is 0 Å². The molecule has 1 atom stereocenters. The Hall–Kier alpha value is -0.630. The average Bonchev–Trinajstić information content (AvgIpc) is 2.05. The van der Waals surface area contributed by atoms with Crippen LogP contribution in [0.3, 0.4) is 0 Å². The number of ketones is 1. The van der Waals surface area contributed by atoms with Crippen LogP contribution in [0.5, 0.6) is 0 Å². The van der Waals surface area contributed by atoms with E-state index in [4.69, 9.17) is 0 Å². The van der Waals surface area contributed by atoms with Crippen molar-refractivity contribution in [2.24, 2.45) is 5.92 Å². The molecule has 1 fully saturated rings. The summed E-state index contributed by atoms with van der Waals surface area (Å²) in [6.07, 6.45) is 2.14. The van der Waals surface area contributed by atoms with E-state index in [0.717, 1.165) is 25.9 Å². The summed E-state index contributed by atoms with van der Waals surface area (Å²) in [5.41, 5.74) is 0.693. The lowest BCUT2D eigenvalue weighted by atomic mass is 9.92. The van der Waals surface area contributed by atoms with Gasteiger partial charge in [-0.05, 0) is 31.9 Å². The molecule has 0 spiro atoms. The number of hydrogen-bond donors (Lipinski definition) is 1. The van der Waals surface area contributed by atoms with Crippen molar-refractivity contribution >= 4 is 5.78 Å². The summed E-state index contributed by atoms with van der Waals surface area (Å²) in [5, 5.41) is 3.21. The lowest BCUT2D eigenvalue weighted by Crippen LogP contribution is -2.34. The van der Waals surface area contributed by atoms with Crippen molar-refractivity contribution in [3.8, 4) is 0 Å². The molecule has 2 nitrogen and oxygen atoms in total. The van der Waals surface area contributed by atoms with Crippen LogP contribution in [0.1, 0.15) is 19.8 Å². The van der Waals surface area contributed by atoms with Gasteiger partial charge in [0.05, 0.1) is 0 Å². The summed E-state index contributed by atoms with van der Waals surface area (Å²) in [5.74, 6) is 0.429. The first kappa shape index (κ1) is 8.47. The van der Waals surface area contributed by atoms with Crippen molar-refractivity contribution in [3.63, 3.8) is 0 Å². The van der Waals surface area contributed by atoms with Gasteiger partial charge in [-0.25, -0.2) is 0 Å². The fourth-order valence-corrected chi connectivity index (χ4v) is 1.42. The standard InChI is InChI=1S/C9H15NO/c1-7(2)9(11)8-4-3-5-10-6-8/h8,10H,1,3-6H2,2H3/t8-/m1/s1. The van der Waals surface area contributed by atoms with Crippen LogP contribution < -0.4 is 5.32 Å². The molecule has 1 saturated heterocycles. The molecule has 0 radical (unpaired) electrons. The minimum atomic E-state index is 0.196. The maximum absolute atomic E-state index is 11.4. The smallest absolute Gasteiger partial charge is 0.162 e. The van der Waals surface area contributed by atoms with Gasteiger partial charge >= 0.3 is 0 Å². The van der Waals surface area contributed by atoms with Crippen molar-refractivity contribution in [1.82, 2.24) is 5.32 Å². The van der Waals surface area contributed by atoms with Gasteiger partial charge in [0.2, 0.25) is 0 Å². The van der Waals surface area contributed by atoms with Crippen molar-refractivity contribution in [2.75, 3.05) is 13.1 Å². The van der Waals surface area contributed by atoms with Gasteiger partial charge in [0.1, 0.15) is 0 Å². The van der Waals surface area contributed by atoms with Crippen LogP contribution in [0.15, 0.2) is 12.2 Å². The lowest BCUT2D eigenvalue weighted by Gasteiger charge is -2.21. The highest BCUT2D eigenvalue weighted by Crippen LogP contribution is 2.13. The Morgan fingerprint density at radius 1 is 1.64 bits per heavy atom. The maximum atomic E-state index is 11.4. The van der Waals surface area contributed by atoms with E-state index in [2.05, 4.69) is 11.9 Å². The quantitative estimate of drug-likeness (QED) is 0.602. The molecule has 0 aromatic heterocycles. The molecule has 0 aromatic carbocycles. The van der Waals surface area contributed by atoms with Crippen LogP contribution in [0.25, 0.3) is 0 Å². The number of rotatable bonds is 2. The molecule has 1 aliphatic heterocycles. The largest absolute Gasteiger partial charge is 0.316 e. The molecule has 0 saturated carbocycles. The molecule has 0 aromatic rings. The molecule has 1 heterocycles. The zero-order chi connectivity index (χ0) is 8.27. The summed E-state index contributed by atoms with van der Waals surface area (Å²) >= 11 is 0. The minimum Gasteiger partial charge on any atom is -0.316 e. The van der Waals surface area contributed by atoms with Gasteiger partial charge < -0.3 is 5.32 Å². The number of hydrogen-bond acceptors (Lipinski definition) is 2. The van der Waals surface area contributed by atoms with Gasteiger partial charge in [-0.15, -0.1) is 0 Å². The molecule has 1 rings (SSSR count). The van der Waals surface area contributed by atoms with Gasteiger partial charge in [0, 0.05) is 12.5 Å². The van der Waals surface area contributed by atoms with E-state index >= 15 is 0 Å². The summed E-state index contributed by atoms with van der Waals surface area (Å²) in [4.78, 5) is 11.4. The van der Waals surface area contributed by atoms with Gasteiger partial charge in [-0.1, -0.05) is 6.58 Å². The predicted octanol–water partition coefficient (Wildman–Crippen LogP) is 1.13. The van der Waals surface area contributed by atoms with Crippen LogP contribution in [0.4, 0.5) is 0 Å². The molecule has 0 bridgehead atoms. The first-order valence-corrected chi connectivity index (χ1v) is 4.12. The Morgan fingerprint density at radius 2 is 2.36 bits per heavy atom. The zero-order valence-electron chi connectivity index (χ0n) is 7.02. The van der Waals surface area contributed by atoms with Crippen molar-refractivity contribution < 1.29 is 4.79 Å². The fourth-order valence-electron chi connectivity index (χ4n) is 1.42. The zero-order valence-corrected chi connectivity index (χ0v) is 7.02. The van der Waals surface area contributed by atoms with E-state index < -0.39 is 0 Å². The molecule has 0 aliphatic carbocycles. The number of Topliss-reactive ketones (excluding diaryl/α,β-unsaturated/α-hetero) is 1. The van der Waals surface area contributed by atoms with E-state index in [1.54, 1.807) is 6.92 Å². The second-order valence-corrected chi connectivity index (χ2v) is 3.19. The molecule has 0 unspecified atom stereocenters. The Bertz CT molecular complexity index is 168. The van der Waals surface area contributed by atoms with E-state index in [1.807, 2.05) is 0 Å². The molecule has 1 aliphatic rings. The van der Waals surface area contributed by atoms with Crippen molar-refractivity contribution in [2.45, 2.75) is 19.8 Å². The van der Waals surface area contributed by atoms with E-state index in [1.165, 1.54) is 0 Å². The SMILES string of the molecule is C=C(C)C(=O)[C@@H]1CCCNC1. The van der Waals surface area contributed by atoms with Crippen LogP contribution >= 0.6 is 0 Å². The number of carbonyl (C=O) groups is 1. The molecular weight excluding hydrogens is 138 g/mol. The topological polar surface area (TPSA) is 29.1 Å². The maximum Gasteiger partial charge on any atom is 0.162 e. The molecule has 0 amide bonds. The minimum absolute atomic E-state index is 0.196. The highest BCUT2D eigenvalue weighted by Gasteiger charge is 2.20.